The third kappa shape index (κ3) is 4.69. The highest BCUT2D eigenvalue weighted by Gasteiger charge is 2.35. The number of likely N-dealkylation sites (tertiary alicyclic amines) is 1. The van der Waals surface area contributed by atoms with Gasteiger partial charge in [-0.25, -0.2) is 0 Å². The molecule has 6 nitrogen and oxygen atoms in total. The molecule has 0 amide bonds. The predicted molar refractivity (Wildman–Crippen MR) is 90.0 cm³/mol. The van der Waals surface area contributed by atoms with Crippen molar-refractivity contribution in [2.24, 2.45) is 5.92 Å². The fraction of sp³-hybridized carbons (Fsp3) is 0.944. The number of esters is 1. The Morgan fingerprint density at radius 2 is 1.79 bits per heavy atom. The molecule has 1 aliphatic carbocycles. The second-order valence-corrected chi connectivity index (χ2v) is 7.11. The normalized spacial score (nSPS) is 31.0. The molecule has 0 spiro atoms. The van der Waals surface area contributed by atoms with Crippen LogP contribution in [0.2, 0.25) is 0 Å². The molecular weight excluding hydrogens is 308 g/mol. The molecule has 2 aliphatic heterocycles. The van der Waals surface area contributed by atoms with Gasteiger partial charge in [-0.05, 0) is 58.3 Å². The second kappa shape index (κ2) is 9.13. The minimum Gasteiger partial charge on any atom is -0.466 e. The quantitative estimate of drug-likeness (QED) is 0.693. The Balaban J connectivity index is 1.52. The summed E-state index contributed by atoms with van der Waals surface area (Å²) in [5, 5.41) is 2.05. The van der Waals surface area contributed by atoms with Crippen molar-refractivity contribution in [3.05, 3.63) is 0 Å². The van der Waals surface area contributed by atoms with E-state index in [2.05, 4.69) is 4.90 Å². The van der Waals surface area contributed by atoms with E-state index in [-0.39, 0.29) is 24.3 Å². The number of carbonyl (C=O) groups excluding carboxylic acids is 1. The summed E-state index contributed by atoms with van der Waals surface area (Å²) in [5.74, 6) is 0.0210. The van der Waals surface area contributed by atoms with Crippen LogP contribution in [0.4, 0.5) is 0 Å². The maximum absolute atomic E-state index is 11.9. The van der Waals surface area contributed by atoms with Crippen LogP contribution in [-0.2, 0) is 19.1 Å². The van der Waals surface area contributed by atoms with Crippen molar-refractivity contribution in [2.75, 3.05) is 32.8 Å². The van der Waals surface area contributed by atoms with Gasteiger partial charge < -0.3 is 9.47 Å². The molecule has 2 saturated heterocycles. The monoisotopic (exact) mass is 340 g/mol. The molecule has 1 atom stereocenters. The van der Waals surface area contributed by atoms with Gasteiger partial charge in [0, 0.05) is 19.6 Å². The molecule has 1 unspecified atom stereocenters. The number of hydroxylamine groups is 2. The van der Waals surface area contributed by atoms with Gasteiger partial charge in [-0.3, -0.25) is 14.5 Å². The molecule has 0 N–H and O–H groups in total. The smallest absolute Gasteiger partial charge is 0.308 e. The van der Waals surface area contributed by atoms with Gasteiger partial charge >= 0.3 is 5.97 Å². The van der Waals surface area contributed by atoms with Crippen molar-refractivity contribution < 1.29 is 19.1 Å². The highest BCUT2D eigenvalue weighted by Crippen LogP contribution is 2.30. The Labute approximate surface area is 145 Å². The number of carbonyl (C=O) groups is 1. The Kier molecular flexibility index (Phi) is 6.89. The summed E-state index contributed by atoms with van der Waals surface area (Å²) < 4.78 is 11.6. The number of rotatable bonds is 6. The first-order valence-electron chi connectivity index (χ1n) is 9.73. The standard InChI is InChI=1S/C18H32N2O4/c1-2-22-17(21)15-7-9-16(10-8-15)24-18(19-11-3-4-12-19)20-13-5-6-14-23-20/h15-16,18H,2-14H2,1H3/t15-,16-,18?. The largest absolute Gasteiger partial charge is 0.466 e. The fourth-order valence-electron chi connectivity index (χ4n) is 3.96. The molecule has 0 aromatic carbocycles. The molecular formula is C18H32N2O4. The predicted octanol–water partition coefficient (Wildman–Crippen LogP) is 2.53. The van der Waals surface area contributed by atoms with Crippen LogP contribution in [0.1, 0.15) is 58.3 Å². The van der Waals surface area contributed by atoms with Crippen molar-refractivity contribution in [2.45, 2.75) is 70.7 Å². The third-order valence-corrected chi connectivity index (χ3v) is 5.34. The number of ether oxygens (including phenoxy) is 2. The van der Waals surface area contributed by atoms with Crippen LogP contribution in [0.25, 0.3) is 0 Å². The molecule has 3 aliphatic rings. The SMILES string of the molecule is CCOC(=O)[C@H]1CC[C@H](OC(N2CCCC2)N2CCCCO2)CC1. The first kappa shape index (κ1) is 18.1. The van der Waals surface area contributed by atoms with Crippen LogP contribution < -0.4 is 0 Å². The molecule has 138 valence electrons. The van der Waals surface area contributed by atoms with Gasteiger partial charge in [-0.15, -0.1) is 5.06 Å². The van der Waals surface area contributed by atoms with E-state index in [1.807, 2.05) is 12.0 Å². The summed E-state index contributed by atoms with van der Waals surface area (Å²) in [6.45, 7) is 6.25. The molecule has 3 rings (SSSR count). The lowest BCUT2D eigenvalue weighted by atomic mass is 9.87. The maximum Gasteiger partial charge on any atom is 0.308 e. The summed E-state index contributed by atoms with van der Waals surface area (Å²) in [5.41, 5.74) is 0. The second-order valence-electron chi connectivity index (χ2n) is 7.11. The van der Waals surface area contributed by atoms with E-state index >= 15 is 0 Å². The maximum atomic E-state index is 11.9. The van der Waals surface area contributed by atoms with Gasteiger partial charge in [0.05, 0.1) is 25.2 Å². The van der Waals surface area contributed by atoms with Gasteiger partial charge in [0.2, 0.25) is 0 Å². The third-order valence-electron chi connectivity index (χ3n) is 5.34. The lowest BCUT2D eigenvalue weighted by Crippen LogP contribution is -2.52. The van der Waals surface area contributed by atoms with E-state index in [4.69, 9.17) is 14.3 Å². The molecule has 24 heavy (non-hydrogen) atoms. The molecule has 0 radical (unpaired) electrons. The zero-order valence-corrected chi connectivity index (χ0v) is 15.0. The van der Waals surface area contributed by atoms with E-state index in [0.717, 1.165) is 58.3 Å². The van der Waals surface area contributed by atoms with Crippen LogP contribution in [0, 0.1) is 5.92 Å². The summed E-state index contributed by atoms with van der Waals surface area (Å²) in [4.78, 5) is 20.2. The molecule has 0 bridgehead atoms. The summed E-state index contributed by atoms with van der Waals surface area (Å²) in [6.07, 6.45) is 8.55. The van der Waals surface area contributed by atoms with Crippen LogP contribution in [0.5, 0.6) is 0 Å². The summed E-state index contributed by atoms with van der Waals surface area (Å²) >= 11 is 0. The van der Waals surface area contributed by atoms with E-state index < -0.39 is 0 Å². The minimum atomic E-state index is -0.0584. The lowest BCUT2D eigenvalue weighted by molar-refractivity contribution is -0.318. The molecule has 3 fully saturated rings. The Hall–Kier alpha value is -0.690. The lowest BCUT2D eigenvalue weighted by Gasteiger charge is -2.41. The number of hydrogen-bond acceptors (Lipinski definition) is 6. The van der Waals surface area contributed by atoms with Crippen LogP contribution in [0.15, 0.2) is 0 Å². The Bertz CT molecular complexity index is 386. The average Bonchev–Trinajstić information content (AvgIpc) is 3.15. The van der Waals surface area contributed by atoms with Gasteiger partial charge in [0.15, 0.2) is 6.35 Å². The highest BCUT2D eigenvalue weighted by molar-refractivity contribution is 5.72. The molecule has 0 aromatic rings. The topological polar surface area (TPSA) is 51.2 Å². The molecule has 0 aromatic heterocycles. The zero-order valence-electron chi connectivity index (χ0n) is 15.0. The molecule has 1 saturated carbocycles. The van der Waals surface area contributed by atoms with Crippen molar-refractivity contribution in [1.82, 2.24) is 9.96 Å². The van der Waals surface area contributed by atoms with E-state index in [1.165, 1.54) is 19.3 Å². The van der Waals surface area contributed by atoms with Crippen molar-refractivity contribution >= 4 is 5.97 Å². The number of nitrogens with zero attached hydrogens (tertiary/aromatic N) is 2. The Morgan fingerprint density at radius 3 is 2.42 bits per heavy atom. The highest BCUT2D eigenvalue weighted by atomic mass is 16.7. The van der Waals surface area contributed by atoms with Crippen molar-refractivity contribution in [1.29, 1.82) is 0 Å². The zero-order chi connectivity index (χ0) is 16.8. The van der Waals surface area contributed by atoms with Crippen molar-refractivity contribution in [3.8, 4) is 0 Å². The van der Waals surface area contributed by atoms with E-state index in [1.54, 1.807) is 0 Å². The molecule has 2 heterocycles. The van der Waals surface area contributed by atoms with E-state index in [0.29, 0.717) is 6.61 Å². The van der Waals surface area contributed by atoms with Crippen LogP contribution in [0.3, 0.4) is 0 Å². The first-order chi connectivity index (χ1) is 11.8. The van der Waals surface area contributed by atoms with Crippen LogP contribution >= 0.6 is 0 Å². The minimum absolute atomic E-state index is 0.0357. The van der Waals surface area contributed by atoms with Gasteiger partial charge in [0.25, 0.3) is 0 Å². The Morgan fingerprint density at radius 1 is 1.08 bits per heavy atom. The first-order valence-corrected chi connectivity index (χ1v) is 9.73. The fourth-order valence-corrected chi connectivity index (χ4v) is 3.96. The summed E-state index contributed by atoms with van der Waals surface area (Å²) in [7, 11) is 0. The van der Waals surface area contributed by atoms with Crippen molar-refractivity contribution in [3.63, 3.8) is 0 Å². The van der Waals surface area contributed by atoms with Crippen LogP contribution in [-0.4, -0.2) is 61.2 Å². The van der Waals surface area contributed by atoms with Gasteiger partial charge in [0.1, 0.15) is 0 Å². The molecule has 6 heteroatoms. The van der Waals surface area contributed by atoms with E-state index in [9.17, 15) is 4.79 Å². The summed E-state index contributed by atoms with van der Waals surface area (Å²) in [6, 6.07) is 0. The van der Waals surface area contributed by atoms with Gasteiger partial charge in [-0.2, -0.15) is 0 Å². The van der Waals surface area contributed by atoms with Gasteiger partial charge in [-0.1, -0.05) is 0 Å². The average molecular weight is 340 g/mol. The number of hydrogen-bond donors (Lipinski definition) is 0.